The van der Waals surface area contributed by atoms with E-state index < -0.39 is 6.09 Å². The number of hydrogen-bond donors (Lipinski definition) is 3. The van der Waals surface area contributed by atoms with Gasteiger partial charge in [0.1, 0.15) is 27.9 Å². The quantitative estimate of drug-likeness (QED) is 0.490. The van der Waals surface area contributed by atoms with Crippen LogP contribution in [0.25, 0.3) is 27.1 Å². The average molecular weight is 365 g/mol. The Hall–Kier alpha value is -3.84. The fraction of sp³-hybridized carbons (Fsp3) is 0. The van der Waals surface area contributed by atoms with Gasteiger partial charge in [0, 0.05) is 23.3 Å². The molecule has 0 spiro atoms. The van der Waals surface area contributed by atoms with Gasteiger partial charge in [-0.2, -0.15) is 5.26 Å². The van der Waals surface area contributed by atoms with Crippen LogP contribution in [0.3, 0.4) is 0 Å². The Kier molecular flexibility index (Phi) is 3.38. The van der Waals surface area contributed by atoms with Crippen molar-refractivity contribution in [2.24, 2.45) is 5.73 Å². The first-order chi connectivity index (χ1) is 12.5. The fourth-order valence-electron chi connectivity index (χ4n) is 2.74. The molecule has 0 aliphatic rings. The minimum atomic E-state index is -0.994. The van der Waals surface area contributed by atoms with Gasteiger partial charge in [0.05, 0.1) is 11.4 Å². The third kappa shape index (κ3) is 2.27. The predicted octanol–water partition coefficient (Wildman–Crippen LogP) is 2.10. The number of ether oxygens (including phenoxy) is 1. The van der Waals surface area contributed by atoms with Crippen LogP contribution < -0.4 is 21.9 Å². The Labute approximate surface area is 150 Å². The number of amides is 1. The maximum Gasteiger partial charge on any atom is 0.410 e. The Balaban J connectivity index is 2.10. The molecule has 0 aliphatic heterocycles. The van der Waals surface area contributed by atoms with E-state index in [1.807, 2.05) is 28.8 Å². The maximum absolute atomic E-state index is 11.1. The fourth-order valence-corrected chi connectivity index (χ4v) is 3.71. The molecule has 4 aromatic rings. The largest absolute Gasteiger partial charge is 0.410 e. The van der Waals surface area contributed by atoms with Crippen LogP contribution >= 0.6 is 11.3 Å². The summed E-state index contributed by atoms with van der Waals surface area (Å²) in [5, 5.41) is 10.1. The number of aromatic nitrogens is 3. The summed E-state index contributed by atoms with van der Waals surface area (Å²) < 4.78 is 6.74. The van der Waals surface area contributed by atoms with Gasteiger partial charge in [-0.3, -0.25) is 0 Å². The molecule has 6 N–H and O–H groups in total. The Morgan fingerprint density at radius 1 is 1.31 bits per heavy atom. The number of primary amides is 1. The van der Waals surface area contributed by atoms with Crippen molar-refractivity contribution in [3.8, 4) is 22.4 Å². The minimum absolute atomic E-state index is 0.0407. The van der Waals surface area contributed by atoms with Crippen molar-refractivity contribution < 1.29 is 9.53 Å². The first kappa shape index (κ1) is 15.7. The van der Waals surface area contributed by atoms with Crippen LogP contribution in [0.15, 0.2) is 30.6 Å². The van der Waals surface area contributed by atoms with Gasteiger partial charge < -0.3 is 26.3 Å². The molecule has 0 saturated heterocycles. The molecule has 0 bridgehead atoms. The Bertz CT molecular complexity index is 1200. The number of nitriles is 1. The molecule has 0 unspecified atom stereocenters. The summed E-state index contributed by atoms with van der Waals surface area (Å²) >= 11 is 1.02. The first-order valence-corrected chi connectivity index (χ1v) is 8.14. The van der Waals surface area contributed by atoms with E-state index in [1.54, 1.807) is 6.20 Å². The van der Waals surface area contributed by atoms with Crippen LogP contribution in [-0.2, 0) is 0 Å². The highest BCUT2D eigenvalue weighted by Crippen LogP contribution is 2.46. The molecule has 0 fully saturated rings. The van der Waals surface area contributed by atoms with Crippen molar-refractivity contribution in [1.29, 1.82) is 5.26 Å². The van der Waals surface area contributed by atoms with E-state index in [2.05, 4.69) is 16.0 Å². The van der Waals surface area contributed by atoms with Crippen molar-refractivity contribution in [2.75, 3.05) is 11.5 Å². The number of nitrogen functional groups attached to an aromatic ring is 2. The van der Waals surface area contributed by atoms with Crippen molar-refractivity contribution in [3.05, 3.63) is 36.2 Å². The van der Waals surface area contributed by atoms with E-state index in [4.69, 9.17) is 21.9 Å². The predicted molar refractivity (Wildman–Crippen MR) is 97.6 cm³/mol. The van der Waals surface area contributed by atoms with Gasteiger partial charge in [-0.05, 0) is 12.1 Å². The monoisotopic (exact) mass is 365 g/mol. The number of carbonyl (C=O) groups is 1. The molecule has 9 nitrogen and oxygen atoms in total. The summed E-state index contributed by atoms with van der Waals surface area (Å²) in [4.78, 5) is 20.3. The molecule has 0 atom stereocenters. The molecular formula is C16H11N7O2S. The zero-order valence-corrected chi connectivity index (χ0v) is 13.9. The van der Waals surface area contributed by atoms with Crippen LogP contribution in [0.2, 0.25) is 0 Å². The molecular weight excluding hydrogens is 354 g/mol. The summed E-state index contributed by atoms with van der Waals surface area (Å²) in [6.45, 7) is 0. The van der Waals surface area contributed by atoms with Gasteiger partial charge in [0.2, 0.25) is 5.06 Å². The number of imidazole rings is 1. The second kappa shape index (κ2) is 5.61. The van der Waals surface area contributed by atoms with E-state index in [1.165, 1.54) is 0 Å². The van der Waals surface area contributed by atoms with E-state index in [0.29, 0.717) is 27.1 Å². The molecule has 10 heteroatoms. The molecule has 0 aromatic carbocycles. The number of nitrogens with two attached hydrogens (primary N) is 3. The molecule has 0 aliphatic carbocycles. The van der Waals surface area contributed by atoms with Gasteiger partial charge in [-0.15, -0.1) is 0 Å². The second-order valence-electron chi connectivity index (χ2n) is 5.36. The lowest BCUT2D eigenvalue weighted by molar-refractivity contribution is 0.212. The Morgan fingerprint density at radius 2 is 2.12 bits per heavy atom. The van der Waals surface area contributed by atoms with Crippen LogP contribution in [0.5, 0.6) is 5.06 Å². The average Bonchev–Trinajstić information content (AvgIpc) is 3.15. The number of rotatable bonds is 2. The van der Waals surface area contributed by atoms with Crippen molar-refractivity contribution in [1.82, 2.24) is 14.4 Å². The van der Waals surface area contributed by atoms with Gasteiger partial charge >= 0.3 is 6.09 Å². The number of fused-ring (bicyclic) bond motifs is 2. The minimum Gasteiger partial charge on any atom is -0.397 e. The van der Waals surface area contributed by atoms with Crippen molar-refractivity contribution in [2.45, 2.75) is 0 Å². The van der Waals surface area contributed by atoms with E-state index >= 15 is 0 Å². The number of thiophene rings is 1. The highest BCUT2D eigenvalue weighted by molar-refractivity contribution is 7.21. The van der Waals surface area contributed by atoms with E-state index in [0.717, 1.165) is 11.3 Å². The lowest BCUT2D eigenvalue weighted by Crippen LogP contribution is -2.16. The normalized spacial score (nSPS) is 10.9. The SMILES string of the molecule is N#Cc1c(N)nc2sc(OC(N)=O)c(N)c2c1-c1cn2ccccc2n1. The Morgan fingerprint density at radius 3 is 2.81 bits per heavy atom. The summed E-state index contributed by atoms with van der Waals surface area (Å²) in [7, 11) is 0. The summed E-state index contributed by atoms with van der Waals surface area (Å²) in [5.41, 5.74) is 19.1. The number of nitrogens with zero attached hydrogens (tertiary/aromatic N) is 4. The molecule has 4 heterocycles. The number of anilines is 2. The van der Waals surface area contributed by atoms with E-state index in [-0.39, 0.29) is 22.1 Å². The third-order valence-corrected chi connectivity index (χ3v) is 4.77. The number of hydrogen-bond acceptors (Lipinski definition) is 8. The van der Waals surface area contributed by atoms with Gasteiger partial charge in [-0.25, -0.2) is 14.8 Å². The van der Waals surface area contributed by atoms with Crippen molar-refractivity contribution >= 4 is 44.8 Å². The standard InChI is InChI=1S/C16H11N7O2S/c17-5-7-10(8-6-23-4-2-1-3-9(23)21-8)11-12(18)15(25-16(20)24)26-14(11)22-13(7)19/h1-4,6H,18H2,(H2,19,22)(H2,20,24). The zero-order chi connectivity index (χ0) is 18.4. The number of pyridine rings is 2. The third-order valence-electron chi connectivity index (χ3n) is 3.80. The van der Waals surface area contributed by atoms with Crippen LogP contribution in [0.1, 0.15) is 5.56 Å². The molecule has 4 aromatic heterocycles. The topological polar surface area (TPSA) is 158 Å². The van der Waals surface area contributed by atoms with Crippen LogP contribution in [-0.4, -0.2) is 20.5 Å². The second-order valence-corrected chi connectivity index (χ2v) is 6.32. The molecule has 0 saturated carbocycles. The number of carbonyl (C=O) groups excluding carboxylic acids is 1. The van der Waals surface area contributed by atoms with Gasteiger partial charge in [-0.1, -0.05) is 17.4 Å². The van der Waals surface area contributed by atoms with Gasteiger partial charge in [0.15, 0.2) is 0 Å². The van der Waals surface area contributed by atoms with Gasteiger partial charge in [0.25, 0.3) is 0 Å². The van der Waals surface area contributed by atoms with Crippen LogP contribution in [0, 0.1) is 11.3 Å². The lowest BCUT2D eigenvalue weighted by atomic mass is 10.0. The smallest absolute Gasteiger partial charge is 0.397 e. The highest BCUT2D eigenvalue weighted by Gasteiger charge is 2.24. The molecule has 0 radical (unpaired) electrons. The van der Waals surface area contributed by atoms with E-state index in [9.17, 15) is 10.1 Å². The first-order valence-electron chi connectivity index (χ1n) is 7.32. The summed E-state index contributed by atoms with van der Waals surface area (Å²) in [6, 6.07) is 7.60. The molecule has 1 amide bonds. The van der Waals surface area contributed by atoms with Crippen LogP contribution in [0.4, 0.5) is 16.3 Å². The molecule has 4 rings (SSSR count). The zero-order valence-electron chi connectivity index (χ0n) is 13.1. The van der Waals surface area contributed by atoms with Crippen molar-refractivity contribution in [3.63, 3.8) is 0 Å². The lowest BCUT2D eigenvalue weighted by Gasteiger charge is -2.06. The molecule has 128 valence electrons. The summed E-state index contributed by atoms with van der Waals surface area (Å²) in [6.07, 6.45) is 2.60. The highest BCUT2D eigenvalue weighted by atomic mass is 32.1. The molecule has 26 heavy (non-hydrogen) atoms. The summed E-state index contributed by atoms with van der Waals surface area (Å²) in [5.74, 6) is 0.0407. The maximum atomic E-state index is 11.1.